The molecule has 1 amide bonds. The molecule has 0 aromatic heterocycles. The first kappa shape index (κ1) is 14.1. The van der Waals surface area contributed by atoms with Crippen molar-refractivity contribution in [3.63, 3.8) is 0 Å². The van der Waals surface area contributed by atoms with Gasteiger partial charge in [-0.25, -0.2) is 4.39 Å². The molecule has 1 aliphatic rings. The number of rotatable bonds is 2. The molecule has 2 aromatic carbocycles. The lowest BCUT2D eigenvalue weighted by Crippen LogP contribution is -2.28. The predicted molar refractivity (Wildman–Crippen MR) is 85.0 cm³/mol. The Hall–Kier alpha value is -1.81. The number of amides is 1. The first-order chi connectivity index (χ1) is 10.1. The summed E-state index contributed by atoms with van der Waals surface area (Å²) >= 11 is 1.47. The first-order valence-electron chi connectivity index (χ1n) is 6.82. The summed E-state index contributed by atoms with van der Waals surface area (Å²) in [7, 11) is 0. The molecule has 1 fully saturated rings. The van der Waals surface area contributed by atoms with Crippen molar-refractivity contribution < 1.29 is 9.18 Å². The second kappa shape index (κ2) is 5.53. The molecule has 0 radical (unpaired) electrons. The zero-order valence-corrected chi connectivity index (χ0v) is 12.8. The van der Waals surface area contributed by atoms with Crippen LogP contribution in [-0.4, -0.2) is 11.7 Å². The number of carbonyl (C=O) groups excluding carboxylic acids is 1. The van der Waals surface area contributed by atoms with Crippen LogP contribution in [0.25, 0.3) is 0 Å². The first-order valence-corrected chi connectivity index (χ1v) is 7.87. The Morgan fingerprint density at radius 1 is 1.14 bits per heavy atom. The lowest BCUT2D eigenvalue weighted by Gasteiger charge is -2.25. The van der Waals surface area contributed by atoms with Gasteiger partial charge in [0.2, 0.25) is 5.91 Å². The fourth-order valence-corrected chi connectivity index (χ4v) is 3.90. The molecule has 2 aromatic rings. The number of hydrogen-bond donors (Lipinski definition) is 0. The molecule has 0 bridgehead atoms. The van der Waals surface area contributed by atoms with Crippen molar-refractivity contribution in [1.82, 2.24) is 0 Å². The highest BCUT2D eigenvalue weighted by Crippen LogP contribution is 2.42. The molecule has 0 N–H and O–H groups in total. The van der Waals surface area contributed by atoms with Crippen LogP contribution < -0.4 is 4.90 Å². The van der Waals surface area contributed by atoms with Crippen LogP contribution in [0.4, 0.5) is 10.1 Å². The van der Waals surface area contributed by atoms with Crippen LogP contribution in [0.2, 0.25) is 0 Å². The third-order valence-corrected chi connectivity index (χ3v) is 4.72. The summed E-state index contributed by atoms with van der Waals surface area (Å²) in [5.41, 5.74) is 3.60. The third kappa shape index (κ3) is 2.68. The molecule has 0 saturated carbocycles. The van der Waals surface area contributed by atoms with Crippen LogP contribution in [-0.2, 0) is 4.79 Å². The van der Waals surface area contributed by atoms with Crippen molar-refractivity contribution >= 4 is 23.4 Å². The summed E-state index contributed by atoms with van der Waals surface area (Å²) in [4.78, 5) is 14.0. The van der Waals surface area contributed by atoms with E-state index in [0.717, 1.165) is 16.8 Å². The van der Waals surface area contributed by atoms with Crippen LogP contribution in [0.3, 0.4) is 0 Å². The molecule has 21 heavy (non-hydrogen) atoms. The maximum atomic E-state index is 14.1. The average Bonchev–Trinajstić information content (AvgIpc) is 2.80. The Labute approximate surface area is 128 Å². The fourth-order valence-electron chi connectivity index (χ4n) is 2.70. The van der Waals surface area contributed by atoms with Gasteiger partial charge >= 0.3 is 0 Å². The van der Waals surface area contributed by atoms with Crippen molar-refractivity contribution in [3.05, 3.63) is 65.0 Å². The smallest absolute Gasteiger partial charge is 0.238 e. The Morgan fingerprint density at radius 2 is 1.81 bits per heavy atom. The molecule has 0 unspecified atom stereocenters. The highest BCUT2D eigenvalue weighted by Gasteiger charge is 2.35. The van der Waals surface area contributed by atoms with Crippen molar-refractivity contribution in [1.29, 1.82) is 0 Å². The van der Waals surface area contributed by atoms with Crippen molar-refractivity contribution in [2.45, 2.75) is 19.2 Å². The third-order valence-electron chi connectivity index (χ3n) is 3.52. The molecule has 0 aliphatic carbocycles. The monoisotopic (exact) mass is 301 g/mol. The molecular weight excluding hydrogens is 285 g/mol. The van der Waals surface area contributed by atoms with Gasteiger partial charge in [0.1, 0.15) is 11.2 Å². The molecule has 4 heteroatoms. The number of nitrogens with zero attached hydrogens (tertiary/aromatic N) is 1. The van der Waals surface area contributed by atoms with Crippen LogP contribution in [0, 0.1) is 19.7 Å². The molecule has 1 atom stereocenters. The lowest BCUT2D eigenvalue weighted by atomic mass is 10.1. The van der Waals surface area contributed by atoms with Gasteiger partial charge in [-0.05, 0) is 43.2 Å². The summed E-state index contributed by atoms with van der Waals surface area (Å²) in [5, 5.41) is -0.292. The largest absolute Gasteiger partial charge is 0.295 e. The van der Waals surface area contributed by atoms with E-state index < -0.39 is 0 Å². The summed E-state index contributed by atoms with van der Waals surface area (Å²) in [6.07, 6.45) is 0. The lowest BCUT2D eigenvalue weighted by molar-refractivity contribution is -0.115. The van der Waals surface area contributed by atoms with Crippen LogP contribution in [0.5, 0.6) is 0 Å². The van der Waals surface area contributed by atoms with Gasteiger partial charge in [0.25, 0.3) is 0 Å². The Kier molecular flexibility index (Phi) is 3.72. The molecule has 0 spiro atoms. The highest BCUT2D eigenvalue weighted by atomic mass is 32.2. The molecule has 3 rings (SSSR count). The van der Waals surface area contributed by atoms with E-state index in [1.165, 1.54) is 17.8 Å². The normalized spacial score (nSPS) is 18.3. The quantitative estimate of drug-likeness (QED) is 0.827. The maximum absolute atomic E-state index is 14.1. The van der Waals surface area contributed by atoms with E-state index in [0.29, 0.717) is 11.3 Å². The van der Waals surface area contributed by atoms with Crippen molar-refractivity contribution in [2.24, 2.45) is 0 Å². The van der Waals surface area contributed by atoms with Gasteiger partial charge in [0, 0.05) is 11.3 Å². The fraction of sp³-hybridized carbons (Fsp3) is 0.235. The average molecular weight is 301 g/mol. The van der Waals surface area contributed by atoms with Gasteiger partial charge in [-0.3, -0.25) is 9.69 Å². The van der Waals surface area contributed by atoms with Crippen LogP contribution in [0.15, 0.2) is 42.5 Å². The summed E-state index contributed by atoms with van der Waals surface area (Å²) in [6.45, 7) is 4.00. The molecule has 1 saturated heterocycles. The van der Waals surface area contributed by atoms with Crippen molar-refractivity contribution in [2.75, 3.05) is 10.7 Å². The second-order valence-electron chi connectivity index (χ2n) is 5.29. The minimum Gasteiger partial charge on any atom is -0.295 e. The minimum atomic E-state index is -0.292. The van der Waals surface area contributed by atoms with E-state index in [-0.39, 0.29) is 17.1 Å². The predicted octanol–water partition coefficient (Wildman–Crippen LogP) is 4.22. The summed E-state index contributed by atoms with van der Waals surface area (Å²) in [5.74, 6) is 0.142. The molecule has 1 heterocycles. The van der Waals surface area contributed by atoms with Crippen LogP contribution >= 0.6 is 11.8 Å². The van der Waals surface area contributed by atoms with E-state index in [4.69, 9.17) is 0 Å². The Bertz CT molecular complexity index is 681. The number of anilines is 1. The number of thioether (sulfide) groups is 1. The van der Waals surface area contributed by atoms with E-state index >= 15 is 0 Å². The van der Waals surface area contributed by atoms with Gasteiger partial charge in [-0.15, -0.1) is 11.8 Å². The standard InChI is InChI=1S/C17H16FNOS/c1-11-7-12(2)9-13(8-11)19-16(20)10-21-17(19)14-5-3-4-6-15(14)18/h3-9,17H,10H2,1-2H3/t17-/m1/s1. The van der Waals surface area contributed by atoms with Gasteiger partial charge in [-0.1, -0.05) is 24.3 Å². The number of halogens is 1. The van der Waals surface area contributed by atoms with Crippen molar-refractivity contribution in [3.8, 4) is 0 Å². The maximum Gasteiger partial charge on any atom is 0.238 e. The SMILES string of the molecule is Cc1cc(C)cc(N2C(=O)CS[C@@H]2c2ccccc2F)c1. The van der Waals surface area contributed by atoms with E-state index in [1.54, 1.807) is 23.1 Å². The highest BCUT2D eigenvalue weighted by molar-refractivity contribution is 8.00. The molecule has 1 aliphatic heterocycles. The topological polar surface area (TPSA) is 20.3 Å². The zero-order chi connectivity index (χ0) is 15.0. The Morgan fingerprint density at radius 3 is 2.48 bits per heavy atom. The molecule has 2 nitrogen and oxygen atoms in total. The summed E-state index contributed by atoms with van der Waals surface area (Å²) in [6, 6.07) is 12.7. The van der Waals surface area contributed by atoms with Gasteiger partial charge in [0.15, 0.2) is 0 Å². The number of aryl methyl sites for hydroxylation is 2. The van der Waals surface area contributed by atoms with Gasteiger partial charge < -0.3 is 0 Å². The zero-order valence-electron chi connectivity index (χ0n) is 12.0. The number of hydrogen-bond acceptors (Lipinski definition) is 2. The Balaban J connectivity index is 2.06. The van der Waals surface area contributed by atoms with Crippen LogP contribution in [0.1, 0.15) is 22.1 Å². The van der Waals surface area contributed by atoms with Gasteiger partial charge in [0.05, 0.1) is 5.75 Å². The van der Waals surface area contributed by atoms with E-state index in [2.05, 4.69) is 6.07 Å². The summed E-state index contributed by atoms with van der Waals surface area (Å²) < 4.78 is 14.1. The number of benzene rings is 2. The van der Waals surface area contributed by atoms with Gasteiger partial charge in [-0.2, -0.15) is 0 Å². The number of carbonyl (C=O) groups is 1. The molecular formula is C17H16FNOS. The second-order valence-corrected chi connectivity index (χ2v) is 6.36. The molecule has 108 valence electrons. The van der Waals surface area contributed by atoms with E-state index in [1.807, 2.05) is 26.0 Å². The van der Waals surface area contributed by atoms with E-state index in [9.17, 15) is 9.18 Å². The minimum absolute atomic E-state index is 0.0262.